The van der Waals surface area contributed by atoms with Crippen LogP contribution in [-0.4, -0.2) is 59.5 Å². The Bertz CT molecular complexity index is 1270. The summed E-state index contributed by atoms with van der Waals surface area (Å²) in [5, 5.41) is 10.8. The molecule has 0 amide bonds. The minimum Gasteiger partial charge on any atom is -0.507 e. The summed E-state index contributed by atoms with van der Waals surface area (Å²) in [4.78, 5) is 44.5. The highest BCUT2D eigenvalue weighted by molar-refractivity contribution is 5.72. The van der Waals surface area contributed by atoms with Crippen LogP contribution in [0.5, 0.6) is 17.2 Å². The Morgan fingerprint density at radius 3 is 2.50 bits per heavy atom. The number of ether oxygens (including phenoxy) is 4. The first kappa shape index (κ1) is 26.3. The van der Waals surface area contributed by atoms with E-state index in [0.29, 0.717) is 30.0 Å². The number of pyridine rings is 1. The second-order valence-corrected chi connectivity index (χ2v) is 7.98. The monoisotopic (exact) mass is 499 g/mol. The van der Waals surface area contributed by atoms with E-state index in [2.05, 4.69) is 14.7 Å². The van der Waals surface area contributed by atoms with Gasteiger partial charge in [-0.1, -0.05) is 6.07 Å². The summed E-state index contributed by atoms with van der Waals surface area (Å²) in [7, 11) is 3.93. The number of carbonyl (C=O) groups is 2. The number of hydrogen-bond acceptors (Lipinski definition) is 9. The van der Waals surface area contributed by atoms with Gasteiger partial charge in [0, 0.05) is 36.5 Å². The van der Waals surface area contributed by atoms with E-state index in [1.165, 1.54) is 27.4 Å². The van der Waals surface area contributed by atoms with Crippen LogP contribution < -0.4 is 15.0 Å². The van der Waals surface area contributed by atoms with Crippen molar-refractivity contribution in [1.29, 1.82) is 0 Å². The molecule has 0 aliphatic heterocycles. The third-order valence-corrected chi connectivity index (χ3v) is 5.79. The molecular weight excluding hydrogens is 470 g/mol. The summed E-state index contributed by atoms with van der Waals surface area (Å²) in [5.74, 6) is -1.72. The molecule has 1 aromatic carbocycles. The third kappa shape index (κ3) is 6.04. The summed E-state index contributed by atoms with van der Waals surface area (Å²) in [6, 6.07) is 6.30. The molecule has 3 rings (SSSR count). The molecule has 0 aliphatic rings. The van der Waals surface area contributed by atoms with Crippen molar-refractivity contribution < 1.29 is 33.6 Å². The number of aromatic amines is 1. The maximum absolute atomic E-state index is 13.6. The lowest BCUT2D eigenvalue weighted by Gasteiger charge is -2.21. The highest BCUT2D eigenvalue weighted by Gasteiger charge is 2.27. The van der Waals surface area contributed by atoms with Crippen molar-refractivity contribution in [2.24, 2.45) is 0 Å². The number of rotatable bonds is 11. The molecule has 1 unspecified atom stereocenters. The number of aryl methyl sites for hydroxylation is 2. The summed E-state index contributed by atoms with van der Waals surface area (Å²) in [5.41, 5.74) is 1.50. The molecular formula is C25H29N3O8. The standard InChI is InChI=1S/C25H29N3O8/c1-15-9-19(29)24(25(32)28(15)8-7-17-12-26-14-27-17)18(11-22(30)34-3)16-5-6-20(33-2)21(10-16)36-13-23(31)35-4/h5-6,9-10,12,14,18,29H,7-8,11,13H2,1-4H3,(H,26,27). The molecule has 11 heteroatoms. The predicted octanol–water partition coefficient (Wildman–Crippen LogP) is 2.08. The third-order valence-electron chi connectivity index (χ3n) is 5.79. The zero-order valence-corrected chi connectivity index (χ0v) is 20.6. The lowest BCUT2D eigenvalue weighted by Crippen LogP contribution is -2.29. The Labute approximate surface area is 207 Å². The number of hydrogen-bond donors (Lipinski definition) is 2. The fraction of sp³-hybridized carbons (Fsp3) is 0.360. The topological polar surface area (TPSA) is 142 Å². The van der Waals surface area contributed by atoms with Crippen LogP contribution in [0.2, 0.25) is 0 Å². The number of H-pyrrole nitrogens is 1. The van der Waals surface area contributed by atoms with Gasteiger partial charge in [0.1, 0.15) is 5.75 Å². The van der Waals surface area contributed by atoms with Crippen molar-refractivity contribution >= 4 is 11.9 Å². The highest BCUT2D eigenvalue weighted by atomic mass is 16.6. The molecule has 192 valence electrons. The lowest BCUT2D eigenvalue weighted by molar-refractivity contribution is -0.143. The molecule has 0 aliphatic carbocycles. The molecule has 2 heterocycles. The van der Waals surface area contributed by atoms with Crippen molar-refractivity contribution in [1.82, 2.24) is 14.5 Å². The molecule has 0 saturated heterocycles. The molecule has 2 N–H and O–H groups in total. The number of nitrogens with one attached hydrogen (secondary N) is 1. The molecule has 0 saturated carbocycles. The van der Waals surface area contributed by atoms with Gasteiger partial charge in [-0.05, 0) is 30.7 Å². The maximum atomic E-state index is 13.6. The van der Waals surface area contributed by atoms with Crippen LogP contribution in [0.3, 0.4) is 0 Å². The van der Waals surface area contributed by atoms with Crippen LogP contribution in [0.1, 0.15) is 34.9 Å². The van der Waals surface area contributed by atoms with Crippen molar-refractivity contribution in [2.45, 2.75) is 32.2 Å². The van der Waals surface area contributed by atoms with E-state index in [1.807, 2.05) is 0 Å². The van der Waals surface area contributed by atoms with Gasteiger partial charge in [0.15, 0.2) is 18.1 Å². The van der Waals surface area contributed by atoms with Crippen molar-refractivity contribution in [3.8, 4) is 17.2 Å². The molecule has 2 aromatic heterocycles. The smallest absolute Gasteiger partial charge is 0.343 e. The van der Waals surface area contributed by atoms with Crippen LogP contribution in [0.4, 0.5) is 0 Å². The van der Waals surface area contributed by atoms with E-state index in [0.717, 1.165) is 5.69 Å². The first-order valence-electron chi connectivity index (χ1n) is 11.1. The SMILES string of the molecule is COC(=O)COc1cc(C(CC(=O)OC)c2c(O)cc(C)n(CCc3cnc[nH]3)c2=O)ccc1OC. The number of aromatic nitrogens is 3. The number of benzene rings is 1. The van der Waals surface area contributed by atoms with Gasteiger partial charge in [-0.3, -0.25) is 9.59 Å². The summed E-state index contributed by atoms with van der Waals surface area (Å²) >= 11 is 0. The molecule has 1 atom stereocenters. The maximum Gasteiger partial charge on any atom is 0.343 e. The Morgan fingerprint density at radius 2 is 1.86 bits per heavy atom. The Morgan fingerprint density at radius 1 is 1.11 bits per heavy atom. The second-order valence-electron chi connectivity index (χ2n) is 7.98. The quantitative estimate of drug-likeness (QED) is 0.379. The number of esters is 2. The van der Waals surface area contributed by atoms with Crippen LogP contribution in [0.25, 0.3) is 0 Å². The second kappa shape index (κ2) is 11.9. The van der Waals surface area contributed by atoms with Gasteiger partial charge in [-0.2, -0.15) is 0 Å². The normalized spacial score (nSPS) is 11.6. The van der Waals surface area contributed by atoms with E-state index in [9.17, 15) is 19.5 Å². The zero-order chi connectivity index (χ0) is 26.2. The molecule has 36 heavy (non-hydrogen) atoms. The van der Waals surface area contributed by atoms with E-state index in [1.54, 1.807) is 42.2 Å². The van der Waals surface area contributed by atoms with Gasteiger partial charge in [-0.25, -0.2) is 9.78 Å². The first-order chi connectivity index (χ1) is 17.3. The zero-order valence-electron chi connectivity index (χ0n) is 20.6. The fourth-order valence-electron chi connectivity index (χ4n) is 3.88. The molecule has 0 fully saturated rings. The fourth-order valence-corrected chi connectivity index (χ4v) is 3.88. The predicted molar refractivity (Wildman–Crippen MR) is 128 cm³/mol. The van der Waals surface area contributed by atoms with Gasteiger partial charge < -0.3 is 33.6 Å². The molecule has 0 radical (unpaired) electrons. The van der Waals surface area contributed by atoms with E-state index < -0.39 is 23.4 Å². The average Bonchev–Trinajstić information content (AvgIpc) is 3.39. The van der Waals surface area contributed by atoms with Crippen LogP contribution >= 0.6 is 0 Å². The van der Waals surface area contributed by atoms with Gasteiger partial charge >= 0.3 is 11.9 Å². The van der Waals surface area contributed by atoms with Crippen LogP contribution in [0.15, 0.2) is 41.6 Å². The number of imidazole rings is 1. The summed E-state index contributed by atoms with van der Waals surface area (Å²) in [6.45, 7) is 1.69. The van der Waals surface area contributed by atoms with E-state index in [4.69, 9.17) is 14.2 Å². The van der Waals surface area contributed by atoms with Gasteiger partial charge in [0.25, 0.3) is 5.56 Å². The van der Waals surface area contributed by atoms with Gasteiger partial charge in [0.2, 0.25) is 0 Å². The summed E-state index contributed by atoms with van der Waals surface area (Å²) in [6.07, 6.45) is 3.53. The Kier molecular flexibility index (Phi) is 8.71. The van der Waals surface area contributed by atoms with Gasteiger partial charge in [0.05, 0.1) is 39.6 Å². The molecule has 3 aromatic rings. The summed E-state index contributed by atoms with van der Waals surface area (Å²) < 4.78 is 21.9. The minimum atomic E-state index is -0.865. The van der Waals surface area contributed by atoms with Crippen molar-refractivity contribution in [2.75, 3.05) is 27.9 Å². The minimum absolute atomic E-state index is 0.0414. The number of carbonyl (C=O) groups excluding carboxylic acids is 2. The number of methoxy groups -OCH3 is 3. The van der Waals surface area contributed by atoms with Crippen molar-refractivity contribution in [3.05, 3.63) is 69.7 Å². The number of nitrogens with zero attached hydrogens (tertiary/aromatic N) is 2. The van der Waals surface area contributed by atoms with E-state index >= 15 is 0 Å². The Hall–Kier alpha value is -4.28. The first-order valence-corrected chi connectivity index (χ1v) is 11.1. The van der Waals surface area contributed by atoms with E-state index in [-0.39, 0.29) is 30.1 Å². The Balaban J connectivity index is 2.08. The number of aromatic hydroxyl groups is 1. The van der Waals surface area contributed by atoms with Crippen molar-refractivity contribution in [3.63, 3.8) is 0 Å². The van der Waals surface area contributed by atoms with Crippen LogP contribution in [0, 0.1) is 6.92 Å². The molecule has 0 bridgehead atoms. The molecule has 11 nitrogen and oxygen atoms in total. The largest absolute Gasteiger partial charge is 0.507 e. The highest BCUT2D eigenvalue weighted by Crippen LogP contribution is 2.37. The van der Waals surface area contributed by atoms with Crippen LogP contribution in [-0.2, 0) is 32.0 Å². The molecule has 0 spiro atoms. The average molecular weight is 500 g/mol. The lowest BCUT2D eigenvalue weighted by atomic mass is 9.88. The van der Waals surface area contributed by atoms with Gasteiger partial charge in [-0.15, -0.1) is 0 Å².